The van der Waals surface area contributed by atoms with E-state index in [9.17, 15) is 14.4 Å². The van der Waals surface area contributed by atoms with E-state index in [2.05, 4.69) is 0 Å². The van der Waals surface area contributed by atoms with Crippen molar-refractivity contribution in [2.75, 3.05) is 32.8 Å². The number of ketones is 1. The topological polar surface area (TPSA) is 66.9 Å². The van der Waals surface area contributed by atoms with Gasteiger partial charge in [-0.05, 0) is 38.0 Å². The summed E-state index contributed by atoms with van der Waals surface area (Å²) in [7, 11) is 0. The third-order valence-corrected chi connectivity index (χ3v) is 4.55. The van der Waals surface area contributed by atoms with Crippen LogP contribution in [0.1, 0.15) is 41.3 Å². The minimum Gasteiger partial charge on any atom is -0.450 e. The van der Waals surface area contributed by atoms with Crippen LogP contribution in [-0.4, -0.2) is 60.4 Å². The van der Waals surface area contributed by atoms with Crippen LogP contribution in [0.4, 0.5) is 4.79 Å². The van der Waals surface area contributed by atoms with Crippen molar-refractivity contribution >= 4 is 17.8 Å². The highest BCUT2D eigenvalue weighted by Gasteiger charge is 2.25. The lowest BCUT2D eigenvalue weighted by molar-refractivity contribution is -0.132. The number of piperazine rings is 1. The van der Waals surface area contributed by atoms with Crippen LogP contribution in [0, 0.1) is 13.8 Å². The Bertz CT molecular complexity index is 649. The van der Waals surface area contributed by atoms with Crippen LogP contribution in [0.25, 0.3) is 0 Å². The maximum atomic E-state index is 12.3. The summed E-state index contributed by atoms with van der Waals surface area (Å²) in [5.41, 5.74) is 2.88. The van der Waals surface area contributed by atoms with Gasteiger partial charge in [-0.2, -0.15) is 0 Å². The van der Waals surface area contributed by atoms with Gasteiger partial charge < -0.3 is 14.5 Å². The molecule has 0 spiro atoms. The van der Waals surface area contributed by atoms with Crippen molar-refractivity contribution < 1.29 is 19.1 Å². The van der Waals surface area contributed by atoms with Gasteiger partial charge in [-0.1, -0.05) is 12.1 Å². The average molecular weight is 346 g/mol. The fourth-order valence-corrected chi connectivity index (χ4v) is 2.79. The Balaban J connectivity index is 1.80. The summed E-state index contributed by atoms with van der Waals surface area (Å²) in [5.74, 6) is -0.0534. The van der Waals surface area contributed by atoms with Gasteiger partial charge in [0.1, 0.15) is 0 Å². The first kappa shape index (κ1) is 19.0. The number of hydrogen-bond donors (Lipinski definition) is 0. The van der Waals surface area contributed by atoms with E-state index in [1.807, 2.05) is 32.0 Å². The average Bonchev–Trinajstić information content (AvgIpc) is 2.62. The van der Waals surface area contributed by atoms with E-state index in [1.165, 1.54) is 0 Å². The van der Waals surface area contributed by atoms with Gasteiger partial charge in [0.15, 0.2) is 5.78 Å². The quantitative estimate of drug-likeness (QED) is 0.769. The second-order valence-corrected chi connectivity index (χ2v) is 6.29. The van der Waals surface area contributed by atoms with Gasteiger partial charge >= 0.3 is 6.09 Å². The number of rotatable bonds is 5. The smallest absolute Gasteiger partial charge is 0.409 e. The molecule has 1 aliphatic rings. The predicted octanol–water partition coefficient (Wildman–Crippen LogP) is 2.57. The highest BCUT2D eigenvalue weighted by atomic mass is 16.6. The summed E-state index contributed by atoms with van der Waals surface area (Å²) in [6, 6.07) is 5.62. The van der Waals surface area contributed by atoms with Crippen LogP contribution in [0.2, 0.25) is 0 Å². The summed E-state index contributed by atoms with van der Waals surface area (Å²) in [6.45, 7) is 7.99. The predicted molar refractivity (Wildman–Crippen MR) is 94.7 cm³/mol. The first-order valence-electron chi connectivity index (χ1n) is 8.72. The number of ether oxygens (including phenoxy) is 1. The fourth-order valence-electron chi connectivity index (χ4n) is 2.79. The molecule has 25 heavy (non-hydrogen) atoms. The zero-order valence-corrected chi connectivity index (χ0v) is 15.2. The first-order chi connectivity index (χ1) is 11.9. The van der Waals surface area contributed by atoms with Gasteiger partial charge in [0.25, 0.3) is 0 Å². The van der Waals surface area contributed by atoms with E-state index < -0.39 is 0 Å². The zero-order valence-electron chi connectivity index (χ0n) is 15.2. The van der Waals surface area contributed by atoms with Crippen molar-refractivity contribution in [3.05, 3.63) is 34.9 Å². The number of amides is 2. The Morgan fingerprint density at radius 2 is 1.60 bits per heavy atom. The van der Waals surface area contributed by atoms with E-state index in [0.717, 1.165) is 11.1 Å². The van der Waals surface area contributed by atoms with Gasteiger partial charge in [-0.15, -0.1) is 0 Å². The summed E-state index contributed by atoms with van der Waals surface area (Å²) in [4.78, 5) is 39.5. The standard InChI is InChI=1S/C19H26N2O4/c1-4-25-19(24)21-11-9-20(10-12-21)18(23)8-7-17(22)16-6-5-14(2)15(3)13-16/h5-6,13H,4,7-12H2,1-3H3. The number of nitrogens with zero attached hydrogens (tertiary/aromatic N) is 2. The van der Waals surface area contributed by atoms with E-state index in [1.54, 1.807) is 16.7 Å². The van der Waals surface area contributed by atoms with Crippen molar-refractivity contribution in [2.45, 2.75) is 33.6 Å². The lowest BCUT2D eigenvalue weighted by Gasteiger charge is -2.34. The number of carbonyl (C=O) groups excluding carboxylic acids is 3. The van der Waals surface area contributed by atoms with Crippen molar-refractivity contribution in [3.8, 4) is 0 Å². The lowest BCUT2D eigenvalue weighted by atomic mass is 10.0. The molecule has 0 radical (unpaired) electrons. The Morgan fingerprint density at radius 3 is 2.20 bits per heavy atom. The van der Waals surface area contributed by atoms with Crippen molar-refractivity contribution in [1.29, 1.82) is 0 Å². The minimum absolute atomic E-state index is 0.0124. The molecule has 2 rings (SSSR count). The molecule has 1 aliphatic heterocycles. The molecule has 0 aromatic heterocycles. The Labute approximate surface area is 148 Å². The van der Waals surface area contributed by atoms with Gasteiger partial charge in [-0.25, -0.2) is 4.79 Å². The molecule has 0 aliphatic carbocycles. The molecule has 0 saturated carbocycles. The number of hydrogen-bond acceptors (Lipinski definition) is 4. The molecular weight excluding hydrogens is 320 g/mol. The van der Waals surface area contributed by atoms with Gasteiger partial charge in [-0.3, -0.25) is 9.59 Å². The van der Waals surface area contributed by atoms with Crippen LogP contribution in [-0.2, 0) is 9.53 Å². The van der Waals surface area contributed by atoms with Gasteiger partial charge in [0, 0.05) is 44.6 Å². The molecule has 1 heterocycles. The first-order valence-corrected chi connectivity index (χ1v) is 8.72. The van der Waals surface area contributed by atoms with Crippen molar-refractivity contribution in [2.24, 2.45) is 0 Å². The molecule has 0 N–H and O–H groups in total. The van der Waals surface area contributed by atoms with Gasteiger partial charge in [0.2, 0.25) is 5.91 Å². The largest absolute Gasteiger partial charge is 0.450 e. The summed E-state index contributed by atoms with van der Waals surface area (Å²) >= 11 is 0. The monoisotopic (exact) mass is 346 g/mol. The zero-order chi connectivity index (χ0) is 18.4. The minimum atomic E-state index is -0.334. The lowest BCUT2D eigenvalue weighted by Crippen LogP contribution is -2.50. The molecule has 1 aromatic carbocycles. The van der Waals surface area contributed by atoms with E-state index >= 15 is 0 Å². The molecule has 136 valence electrons. The Hall–Kier alpha value is -2.37. The molecule has 6 nitrogen and oxygen atoms in total. The molecule has 1 fully saturated rings. The molecule has 0 unspecified atom stereocenters. The van der Waals surface area contributed by atoms with Crippen LogP contribution in [0.5, 0.6) is 0 Å². The highest BCUT2D eigenvalue weighted by molar-refractivity contribution is 5.98. The van der Waals surface area contributed by atoms with Crippen molar-refractivity contribution in [1.82, 2.24) is 9.80 Å². The maximum absolute atomic E-state index is 12.3. The number of Topliss-reactive ketones (excluding diaryl/α,β-unsaturated/α-hetero) is 1. The van der Waals surface area contributed by atoms with Crippen LogP contribution >= 0.6 is 0 Å². The second kappa shape index (κ2) is 8.65. The molecular formula is C19H26N2O4. The summed E-state index contributed by atoms with van der Waals surface area (Å²) in [6.07, 6.45) is 0.0736. The van der Waals surface area contributed by atoms with Crippen molar-refractivity contribution in [3.63, 3.8) is 0 Å². The molecule has 2 amide bonds. The molecule has 0 bridgehead atoms. The number of benzene rings is 1. The van der Waals surface area contributed by atoms with Crippen LogP contribution < -0.4 is 0 Å². The van der Waals surface area contributed by atoms with Crippen LogP contribution in [0.15, 0.2) is 18.2 Å². The normalized spacial score (nSPS) is 14.4. The maximum Gasteiger partial charge on any atom is 0.409 e. The third kappa shape index (κ3) is 5.05. The molecule has 1 aromatic rings. The van der Waals surface area contributed by atoms with Gasteiger partial charge in [0.05, 0.1) is 6.61 Å². The SMILES string of the molecule is CCOC(=O)N1CCN(C(=O)CCC(=O)c2ccc(C)c(C)c2)CC1. The summed E-state index contributed by atoms with van der Waals surface area (Å²) in [5, 5.41) is 0. The Kier molecular flexibility index (Phi) is 6.56. The Morgan fingerprint density at radius 1 is 0.960 bits per heavy atom. The third-order valence-electron chi connectivity index (χ3n) is 4.55. The van der Waals surface area contributed by atoms with E-state index in [4.69, 9.17) is 4.74 Å². The number of carbonyl (C=O) groups is 3. The highest BCUT2D eigenvalue weighted by Crippen LogP contribution is 2.13. The fraction of sp³-hybridized carbons (Fsp3) is 0.526. The van der Waals surface area contributed by atoms with E-state index in [-0.39, 0.29) is 30.6 Å². The van der Waals surface area contributed by atoms with Crippen LogP contribution in [0.3, 0.4) is 0 Å². The summed E-state index contributed by atoms with van der Waals surface area (Å²) < 4.78 is 4.96. The molecule has 6 heteroatoms. The van der Waals surface area contributed by atoms with E-state index in [0.29, 0.717) is 38.3 Å². The number of aryl methyl sites for hydroxylation is 2. The second-order valence-electron chi connectivity index (χ2n) is 6.29. The molecule has 1 saturated heterocycles. The molecule has 0 atom stereocenters.